The molecule has 6 aliphatic rings. The largest absolute Gasteiger partial charge is 0.458 e. The van der Waals surface area contributed by atoms with Gasteiger partial charge in [-0.05, 0) is 84.6 Å². The number of ether oxygens (including phenoxy) is 1. The number of hydrogen-bond acceptors (Lipinski definition) is 16. The lowest BCUT2D eigenvalue weighted by Gasteiger charge is -2.41. The molecule has 90 heavy (non-hydrogen) atoms. The number of nitrogens with one attached hydrogen (secondary N) is 10. The van der Waals surface area contributed by atoms with E-state index in [1.54, 1.807) is 80.6 Å². The summed E-state index contributed by atoms with van der Waals surface area (Å²) >= 11 is 0. The fourth-order valence-corrected chi connectivity index (χ4v) is 11.5. The van der Waals surface area contributed by atoms with Crippen molar-refractivity contribution in [3.8, 4) is 0 Å². The molecule has 0 saturated carbocycles. The summed E-state index contributed by atoms with van der Waals surface area (Å²) in [5.74, 6) is -8.68. The molecule has 2 aliphatic carbocycles. The van der Waals surface area contributed by atoms with Crippen molar-refractivity contribution in [3.63, 3.8) is 0 Å². The zero-order valence-corrected chi connectivity index (χ0v) is 49.1. The number of fused-ring (bicyclic) bond motifs is 4. The number of aliphatic hydroxyl groups is 1. The van der Waals surface area contributed by atoms with E-state index in [4.69, 9.17) is 4.74 Å². The second-order valence-electron chi connectivity index (χ2n) is 22.0. The van der Waals surface area contributed by atoms with E-state index < -0.39 is 140 Å². The molecule has 0 fully saturated rings. The number of unbranched alkanes of at least 4 members (excludes halogenated alkanes) is 2. The average molecular weight is 1240 g/mol. The molecule has 27 nitrogen and oxygen atoms in total. The number of halogens is 1. The minimum absolute atomic E-state index is 0.0462. The minimum atomic E-state index is -2.07. The Morgan fingerprint density at radius 3 is 1.78 bits per heavy atom. The third-order valence-corrected chi connectivity index (χ3v) is 16.2. The van der Waals surface area contributed by atoms with Crippen LogP contribution in [-0.2, 0) is 81.0 Å². The first-order chi connectivity index (χ1) is 43.1. The first-order valence-electron chi connectivity index (χ1n) is 29.3. The number of aromatic nitrogens is 1. The van der Waals surface area contributed by atoms with Crippen LogP contribution in [0.2, 0.25) is 0 Å². The van der Waals surface area contributed by atoms with Gasteiger partial charge in [-0.1, -0.05) is 74.0 Å². The lowest BCUT2D eigenvalue weighted by Crippen LogP contribution is -2.50. The number of benzene rings is 2. The Kier molecular flexibility index (Phi) is 20.1. The molecule has 0 radical (unpaired) electrons. The van der Waals surface area contributed by atoms with Crippen molar-refractivity contribution < 1.29 is 71.8 Å². The topological polar surface area (TPSA) is 380 Å². The number of esters is 1. The molecule has 5 atom stereocenters. The van der Waals surface area contributed by atoms with E-state index in [2.05, 4.69) is 53.2 Å². The fourth-order valence-electron chi connectivity index (χ4n) is 11.5. The predicted molar refractivity (Wildman–Crippen MR) is 316 cm³/mol. The summed E-state index contributed by atoms with van der Waals surface area (Å²) in [5.41, 5.74) is 2.44. The van der Waals surface area contributed by atoms with Crippen LogP contribution in [0.3, 0.4) is 0 Å². The van der Waals surface area contributed by atoms with E-state index in [1.165, 1.54) is 22.8 Å². The molecule has 1 aromatic heterocycles. The Bertz CT molecular complexity index is 3690. The minimum Gasteiger partial charge on any atom is -0.458 e. The number of pyridine rings is 1. The normalized spacial score (nSPS) is 19.1. The predicted octanol–water partition coefficient (Wildman–Crippen LogP) is -1.14. The summed E-state index contributed by atoms with van der Waals surface area (Å²) in [6.07, 6.45) is 6.03. The van der Waals surface area contributed by atoms with Crippen LogP contribution in [-0.4, -0.2) is 143 Å². The molecule has 0 saturated heterocycles. The lowest BCUT2D eigenvalue weighted by molar-refractivity contribution is -0.172. The maximum atomic E-state index is 15.5. The van der Waals surface area contributed by atoms with E-state index in [1.807, 2.05) is 0 Å². The zero-order valence-electron chi connectivity index (χ0n) is 49.1. The summed E-state index contributed by atoms with van der Waals surface area (Å²) in [5, 5.41) is 37.3. The number of carbonyl (C=O) groups is 12. The molecule has 0 bridgehead atoms. The first kappa shape index (κ1) is 64.1. The monoisotopic (exact) mass is 1240 g/mol. The molecule has 1 unspecified atom stereocenters. The molecule has 28 heteroatoms. The number of allylic oxidation sites excluding steroid dienone is 2. The number of rotatable bonds is 26. The van der Waals surface area contributed by atoms with Crippen LogP contribution in [0.15, 0.2) is 123 Å². The molecule has 9 rings (SSSR count). The highest BCUT2D eigenvalue weighted by Crippen LogP contribution is 2.49. The molecule has 472 valence electrons. The van der Waals surface area contributed by atoms with Crippen LogP contribution < -0.4 is 58.7 Å². The van der Waals surface area contributed by atoms with Crippen LogP contribution in [0.1, 0.15) is 98.8 Å². The molecular weight excluding hydrogens is 1170 g/mol. The molecule has 11 N–H and O–H groups in total. The van der Waals surface area contributed by atoms with Gasteiger partial charge < -0.3 is 67.6 Å². The lowest BCUT2D eigenvalue weighted by atomic mass is 9.72. The quantitative estimate of drug-likeness (QED) is 0.0257. The smallest absolute Gasteiger partial charge is 0.343 e. The summed E-state index contributed by atoms with van der Waals surface area (Å²) in [6, 6.07) is 13.5. The molecular formula is C62H67FN12O15. The fraction of sp³-hybridized carbons (Fsp3) is 0.371. The standard InChI is InChI=1S/C62H67FN12O15/c1-3-62(89)39-23-43-57-37(31-75(43)60(87)38(39)32-90-61(62)88)54-41(19-18-36-33(2)40(63)24-42(71-57)53(36)54)70-48(80)30-69-59(86)56(35-15-9-5-10-16-35)73-50(82)29-67-46(78)26-65-47(79)27-68-58(85)55(34-13-7-4-8-14-34)72-49(81)28-66-45(77)25-64-44(76)17-11-6-12-22-74-51(83)20-21-52(74)84/h4-5,7-10,13-16,20-21,23-24,41-42,55-56,71,89H,3,6,11-12,17-19,22,25-32H2,1-2H3,(H,64,76)(H,65,79)(H,66,77)(H,67,78)(H,68,85)(H,69,86)(H,70,80)(H,72,81)(H,73,82)/t41-,42?,55-,56-,62-/m0/s1. The van der Waals surface area contributed by atoms with Crippen molar-refractivity contribution in [2.45, 2.75) is 102 Å². The number of imide groups is 1. The molecule has 2 aromatic carbocycles. The van der Waals surface area contributed by atoms with Gasteiger partial charge in [0, 0.05) is 36.3 Å². The van der Waals surface area contributed by atoms with Gasteiger partial charge in [-0.15, -0.1) is 0 Å². The molecule has 0 spiro atoms. The highest BCUT2D eigenvalue weighted by molar-refractivity contribution is 6.12. The van der Waals surface area contributed by atoms with Crippen molar-refractivity contribution in [1.82, 2.24) is 62.6 Å². The van der Waals surface area contributed by atoms with Gasteiger partial charge in [0.05, 0.1) is 74.9 Å². The van der Waals surface area contributed by atoms with Crippen LogP contribution in [0.5, 0.6) is 0 Å². The van der Waals surface area contributed by atoms with Gasteiger partial charge in [-0.3, -0.25) is 62.4 Å². The van der Waals surface area contributed by atoms with Gasteiger partial charge in [-0.25, -0.2) is 9.18 Å². The summed E-state index contributed by atoms with van der Waals surface area (Å²) < 4.78 is 22.3. The molecule has 3 aromatic rings. The maximum Gasteiger partial charge on any atom is 0.343 e. The number of hydrogen-bond donors (Lipinski definition) is 11. The third kappa shape index (κ3) is 14.4. The van der Waals surface area contributed by atoms with E-state index in [0.717, 1.165) is 16.0 Å². The number of amides is 11. The molecule has 5 heterocycles. The second kappa shape index (κ2) is 28.2. The molecule has 4 aliphatic heterocycles. The Morgan fingerprint density at radius 1 is 0.678 bits per heavy atom. The van der Waals surface area contributed by atoms with Crippen LogP contribution >= 0.6 is 0 Å². The Hall–Kier alpha value is -10.4. The number of cyclic esters (lactones) is 1. The Morgan fingerprint density at radius 2 is 1.21 bits per heavy atom. The number of nitrogens with zero attached hydrogens (tertiary/aromatic N) is 2. The van der Waals surface area contributed by atoms with Gasteiger partial charge >= 0.3 is 5.97 Å². The SMILES string of the molecule is CC[C@@]1(O)C(=O)OCc2c1cc1n(c2=O)CC2=C1NC1C=C(F)C(C)=C3CC[C@H](NC(=O)CNC(=O)[C@@H](NC(=O)CNC(=O)CNC(=O)CNC(=O)[C@@H](NC(=O)CNC(=O)CNC(=O)CCCCCN4C(=O)C=CC4=O)c4ccccc4)c4ccccc4)C2=C31. The highest BCUT2D eigenvalue weighted by Gasteiger charge is 2.48. The van der Waals surface area contributed by atoms with Gasteiger partial charge in [0.25, 0.3) is 17.4 Å². The van der Waals surface area contributed by atoms with E-state index in [-0.39, 0.29) is 55.5 Å². The average Bonchev–Trinajstić information content (AvgIpc) is 1.47. The van der Waals surface area contributed by atoms with Crippen molar-refractivity contribution in [3.05, 3.63) is 157 Å². The van der Waals surface area contributed by atoms with Crippen molar-refractivity contribution in [2.75, 3.05) is 45.8 Å². The zero-order chi connectivity index (χ0) is 64.4. The van der Waals surface area contributed by atoms with Gasteiger partial charge in [-0.2, -0.15) is 0 Å². The Labute approximate surface area is 513 Å². The summed E-state index contributed by atoms with van der Waals surface area (Å²) in [4.78, 5) is 169. The van der Waals surface area contributed by atoms with E-state index in [9.17, 15) is 67.4 Å². The van der Waals surface area contributed by atoms with Gasteiger partial charge in [0.1, 0.15) is 24.5 Å². The number of carbonyl (C=O) groups excluding carboxylic acids is 12. The third-order valence-electron chi connectivity index (χ3n) is 16.2. The van der Waals surface area contributed by atoms with Gasteiger partial charge in [0.2, 0.25) is 53.2 Å². The first-order valence-corrected chi connectivity index (χ1v) is 29.3. The molecule has 11 amide bonds. The van der Waals surface area contributed by atoms with Crippen LogP contribution in [0.4, 0.5) is 4.39 Å². The summed E-state index contributed by atoms with van der Waals surface area (Å²) in [7, 11) is 0. The van der Waals surface area contributed by atoms with Crippen molar-refractivity contribution in [2.24, 2.45) is 0 Å². The van der Waals surface area contributed by atoms with Crippen LogP contribution in [0.25, 0.3) is 5.70 Å². The van der Waals surface area contributed by atoms with Gasteiger partial charge in [0.15, 0.2) is 5.60 Å². The van der Waals surface area contributed by atoms with Crippen molar-refractivity contribution >= 4 is 76.6 Å². The van der Waals surface area contributed by atoms with Crippen LogP contribution in [0, 0.1) is 0 Å². The summed E-state index contributed by atoms with van der Waals surface area (Å²) in [6.45, 7) is -0.308. The Balaban J connectivity index is 0.725. The second-order valence-corrected chi connectivity index (χ2v) is 22.0. The number of dihydropyridines is 1. The maximum absolute atomic E-state index is 15.5. The van der Waals surface area contributed by atoms with Crippen molar-refractivity contribution in [1.29, 1.82) is 0 Å². The van der Waals surface area contributed by atoms with E-state index >= 15 is 4.39 Å². The highest BCUT2D eigenvalue weighted by atomic mass is 19.1. The van der Waals surface area contributed by atoms with E-state index in [0.29, 0.717) is 71.3 Å².